The summed E-state index contributed by atoms with van der Waals surface area (Å²) < 4.78 is 0. The van der Waals surface area contributed by atoms with E-state index in [1.807, 2.05) is 31.2 Å². The van der Waals surface area contributed by atoms with Crippen LogP contribution in [0.4, 0.5) is 11.4 Å². The second-order valence-corrected chi connectivity index (χ2v) is 11.5. The summed E-state index contributed by atoms with van der Waals surface area (Å²) in [6, 6.07) is 29.5. The van der Waals surface area contributed by atoms with Gasteiger partial charge in [-0.05, 0) is 80.1 Å². The zero-order valence-electron chi connectivity index (χ0n) is 24.1. The normalized spacial score (nSPS) is 14.8. The quantitative estimate of drug-likeness (QED) is 0.137. The van der Waals surface area contributed by atoms with Gasteiger partial charge in [-0.2, -0.15) is 0 Å². The Labute approximate surface area is 259 Å². The Morgan fingerprint density at radius 2 is 1.55 bits per heavy atom. The summed E-state index contributed by atoms with van der Waals surface area (Å²) in [4.78, 5) is 65.8. The van der Waals surface area contributed by atoms with Gasteiger partial charge in [0.2, 0.25) is 11.8 Å². The Balaban J connectivity index is 1.31. The third kappa shape index (κ3) is 7.19. The molecule has 8 nitrogen and oxygen atoms in total. The van der Waals surface area contributed by atoms with Crippen molar-refractivity contribution in [2.45, 2.75) is 30.4 Å². The number of hydrogen-bond acceptors (Lipinski definition) is 6. The fraction of sp³-hybridized carbons (Fsp3) is 0.114. The Bertz CT molecular complexity index is 1770. The van der Waals surface area contributed by atoms with E-state index in [9.17, 15) is 24.0 Å². The summed E-state index contributed by atoms with van der Waals surface area (Å²) in [5, 5.41) is 4.92. The van der Waals surface area contributed by atoms with Gasteiger partial charge in [0.1, 0.15) is 5.70 Å². The lowest BCUT2D eigenvalue weighted by Crippen LogP contribution is -2.31. The van der Waals surface area contributed by atoms with E-state index in [4.69, 9.17) is 0 Å². The van der Waals surface area contributed by atoms with Crippen molar-refractivity contribution in [1.29, 1.82) is 0 Å². The first kappa shape index (κ1) is 30.2. The number of imide groups is 1. The topological polar surface area (TPSA) is 113 Å². The van der Waals surface area contributed by atoms with Crippen LogP contribution in [0.15, 0.2) is 114 Å². The number of anilines is 2. The summed E-state index contributed by atoms with van der Waals surface area (Å²) in [6.45, 7) is 3.41. The molecule has 4 aromatic carbocycles. The number of nitrogens with zero attached hydrogens (tertiary/aromatic N) is 1. The Morgan fingerprint density at radius 1 is 0.841 bits per heavy atom. The van der Waals surface area contributed by atoms with Crippen LogP contribution in [-0.4, -0.2) is 34.7 Å². The van der Waals surface area contributed by atoms with Gasteiger partial charge in [-0.25, -0.2) is 4.90 Å². The van der Waals surface area contributed by atoms with Crippen LogP contribution in [0.2, 0.25) is 0 Å². The fourth-order valence-electron chi connectivity index (χ4n) is 4.59. The number of carbonyl (C=O) groups excluding carboxylic acids is 5. The van der Waals surface area contributed by atoms with E-state index in [0.717, 1.165) is 16.0 Å². The number of ketones is 1. The van der Waals surface area contributed by atoms with Gasteiger partial charge >= 0.3 is 0 Å². The van der Waals surface area contributed by atoms with Crippen LogP contribution < -0.4 is 15.5 Å². The van der Waals surface area contributed by atoms with E-state index in [2.05, 4.69) is 10.6 Å². The summed E-state index contributed by atoms with van der Waals surface area (Å²) >= 11 is 1.23. The third-order valence-corrected chi connectivity index (χ3v) is 8.10. The minimum absolute atomic E-state index is 0.0174. The van der Waals surface area contributed by atoms with Gasteiger partial charge < -0.3 is 10.6 Å². The summed E-state index contributed by atoms with van der Waals surface area (Å²) in [6.07, 6.45) is 1.62. The number of Topliss-reactive ketones (excluding diaryl/α,β-unsaturated/α-hetero) is 1. The number of carbonyl (C=O) groups is 5. The van der Waals surface area contributed by atoms with Crippen LogP contribution in [0.5, 0.6) is 0 Å². The number of hydrogen-bond donors (Lipinski definition) is 2. The van der Waals surface area contributed by atoms with Crippen molar-refractivity contribution in [3.05, 3.63) is 131 Å². The molecule has 1 fully saturated rings. The zero-order chi connectivity index (χ0) is 31.2. The van der Waals surface area contributed by atoms with Crippen molar-refractivity contribution >= 4 is 58.6 Å². The summed E-state index contributed by atoms with van der Waals surface area (Å²) in [5.41, 5.74) is 3.64. The zero-order valence-corrected chi connectivity index (χ0v) is 24.9. The molecular formula is C35H29N3O5S. The van der Waals surface area contributed by atoms with E-state index in [1.165, 1.54) is 18.7 Å². The first-order valence-corrected chi connectivity index (χ1v) is 14.8. The monoisotopic (exact) mass is 603 g/mol. The number of amides is 4. The van der Waals surface area contributed by atoms with Gasteiger partial charge in [0.05, 0.1) is 10.9 Å². The lowest BCUT2D eigenvalue weighted by molar-refractivity contribution is -0.121. The van der Waals surface area contributed by atoms with Crippen molar-refractivity contribution in [2.75, 3.05) is 10.2 Å². The van der Waals surface area contributed by atoms with Gasteiger partial charge in [-0.3, -0.25) is 24.0 Å². The van der Waals surface area contributed by atoms with Crippen LogP contribution in [0.3, 0.4) is 0 Å². The molecule has 44 heavy (non-hydrogen) atoms. The number of nitrogens with one attached hydrogen (secondary N) is 2. The highest BCUT2D eigenvalue weighted by Gasteiger charge is 2.40. The van der Waals surface area contributed by atoms with Gasteiger partial charge in [0.15, 0.2) is 5.78 Å². The predicted octanol–water partition coefficient (Wildman–Crippen LogP) is 6.03. The second kappa shape index (κ2) is 13.4. The van der Waals surface area contributed by atoms with E-state index in [-0.39, 0.29) is 29.7 Å². The maximum atomic E-state index is 13.4. The molecule has 4 aromatic rings. The van der Waals surface area contributed by atoms with E-state index in [0.29, 0.717) is 27.4 Å². The first-order valence-electron chi connectivity index (χ1n) is 13.9. The smallest absolute Gasteiger partial charge is 0.272 e. The Kier molecular flexibility index (Phi) is 9.16. The molecule has 0 aliphatic carbocycles. The average Bonchev–Trinajstić information content (AvgIpc) is 3.30. The largest absolute Gasteiger partial charge is 0.321 e. The van der Waals surface area contributed by atoms with Gasteiger partial charge in [0, 0.05) is 28.1 Å². The fourth-order valence-corrected chi connectivity index (χ4v) is 5.71. The Morgan fingerprint density at radius 3 is 2.23 bits per heavy atom. The summed E-state index contributed by atoms with van der Waals surface area (Å²) in [7, 11) is 0. The molecule has 1 unspecified atom stereocenters. The molecule has 4 amide bonds. The van der Waals surface area contributed by atoms with Crippen molar-refractivity contribution in [3.8, 4) is 0 Å². The second-order valence-electron chi connectivity index (χ2n) is 10.3. The molecule has 220 valence electrons. The molecule has 0 aromatic heterocycles. The maximum absolute atomic E-state index is 13.4. The lowest BCUT2D eigenvalue weighted by Gasteiger charge is -2.15. The number of rotatable bonds is 9. The standard InChI is InChI=1S/C35H29N3O5S/c1-22-11-13-24(14-12-22)19-30(37-33(41)26-7-4-3-5-8-26)34(42)36-27-9-6-10-29(20-27)44-31-21-32(40)38(35(31)43)28-17-15-25(16-18-28)23(2)39/h3-20,31H,21H2,1-2H3,(H,36,42)(H,37,41). The molecule has 1 saturated heterocycles. The maximum Gasteiger partial charge on any atom is 0.272 e. The molecule has 0 radical (unpaired) electrons. The minimum Gasteiger partial charge on any atom is -0.321 e. The third-order valence-electron chi connectivity index (χ3n) is 6.92. The summed E-state index contributed by atoms with van der Waals surface area (Å²) in [5.74, 6) is -1.73. The number of thioether (sulfide) groups is 1. The van der Waals surface area contributed by atoms with E-state index in [1.54, 1.807) is 84.9 Å². The van der Waals surface area contributed by atoms with Gasteiger partial charge in [-0.15, -0.1) is 11.8 Å². The van der Waals surface area contributed by atoms with Crippen LogP contribution in [-0.2, 0) is 14.4 Å². The highest BCUT2D eigenvalue weighted by molar-refractivity contribution is 8.00. The van der Waals surface area contributed by atoms with Crippen molar-refractivity contribution in [3.63, 3.8) is 0 Å². The number of aryl methyl sites for hydroxylation is 1. The SMILES string of the molecule is CC(=O)c1ccc(N2C(=O)CC(Sc3cccc(NC(=O)C(=Cc4ccc(C)cc4)NC(=O)c4ccccc4)c3)C2=O)cc1. The molecule has 1 aliphatic rings. The predicted molar refractivity (Wildman–Crippen MR) is 171 cm³/mol. The van der Waals surface area contributed by atoms with Crippen LogP contribution in [0.25, 0.3) is 6.08 Å². The van der Waals surface area contributed by atoms with Crippen molar-refractivity contribution in [1.82, 2.24) is 5.32 Å². The molecule has 1 heterocycles. The van der Waals surface area contributed by atoms with Crippen LogP contribution in [0, 0.1) is 6.92 Å². The molecular weight excluding hydrogens is 574 g/mol. The molecule has 2 N–H and O–H groups in total. The van der Waals surface area contributed by atoms with Crippen molar-refractivity contribution in [2.24, 2.45) is 0 Å². The highest BCUT2D eigenvalue weighted by atomic mass is 32.2. The Hall–Kier alpha value is -5.28. The van der Waals surface area contributed by atoms with Crippen LogP contribution >= 0.6 is 11.8 Å². The molecule has 5 rings (SSSR count). The highest BCUT2D eigenvalue weighted by Crippen LogP contribution is 2.35. The molecule has 0 bridgehead atoms. The lowest BCUT2D eigenvalue weighted by atomic mass is 10.1. The molecule has 1 atom stereocenters. The average molecular weight is 604 g/mol. The molecule has 9 heteroatoms. The first-order chi connectivity index (χ1) is 21.2. The van der Waals surface area contributed by atoms with Crippen LogP contribution in [0.1, 0.15) is 45.2 Å². The minimum atomic E-state index is -0.650. The molecule has 0 spiro atoms. The van der Waals surface area contributed by atoms with Crippen molar-refractivity contribution < 1.29 is 24.0 Å². The van der Waals surface area contributed by atoms with Gasteiger partial charge in [-0.1, -0.05) is 54.1 Å². The van der Waals surface area contributed by atoms with Gasteiger partial charge in [0.25, 0.3) is 11.8 Å². The molecule has 1 aliphatic heterocycles. The molecule has 0 saturated carbocycles. The number of benzene rings is 4. The van der Waals surface area contributed by atoms with E-state index < -0.39 is 17.1 Å². The van der Waals surface area contributed by atoms with E-state index >= 15 is 0 Å².